The monoisotopic (exact) mass is 205 g/mol. The molecule has 0 spiro atoms. The molecular weight excluding hydrogens is 186 g/mol. The summed E-state index contributed by atoms with van der Waals surface area (Å²) in [6.45, 7) is 9.07. The average Bonchev–Trinajstić information content (AvgIpc) is 2.30. The molecule has 1 aromatic rings. The van der Waals surface area contributed by atoms with Gasteiger partial charge in [0.15, 0.2) is 0 Å². The van der Waals surface area contributed by atoms with Crippen molar-refractivity contribution in [3.8, 4) is 0 Å². The van der Waals surface area contributed by atoms with Crippen molar-refractivity contribution in [2.75, 3.05) is 31.1 Å². The van der Waals surface area contributed by atoms with E-state index in [4.69, 9.17) is 0 Å². The number of nitrogens with zero attached hydrogens (tertiary/aromatic N) is 3. The Balaban J connectivity index is 2.03. The van der Waals surface area contributed by atoms with Gasteiger partial charge in [0.2, 0.25) is 0 Å². The van der Waals surface area contributed by atoms with Crippen LogP contribution in [0, 0.1) is 0 Å². The van der Waals surface area contributed by atoms with Crippen molar-refractivity contribution in [2.45, 2.75) is 19.9 Å². The van der Waals surface area contributed by atoms with E-state index in [1.807, 2.05) is 18.5 Å². The van der Waals surface area contributed by atoms with Crippen molar-refractivity contribution in [2.24, 2.45) is 0 Å². The SMILES string of the molecule is CCN1CCN(c2cccnc2)C[C@H]1C. The van der Waals surface area contributed by atoms with Gasteiger partial charge in [-0.1, -0.05) is 6.92 Å². The van der Waals surface area contributed by atoms with Gasteiger partial charge in [0.05, 0.1) is 11.9 Å². The highest BCUT2D eigenvalue weighted by molar-refractivity contribution is 5.44. The Bertz CT molecular complexity index is 299. The molecule has 1 saturated heterocycles. The highest BCUT2D eigenvalue weighted by atomic mass is 15.3. The summed E-state index contributed by atoms with van der Waals surface area (Å²) in [4.78, 5) is 9.11. The number of anilines is 1. The molecule has 2 heterocycles. The lowest BCUT2D eigenvalue weighted by Gasteiger charge is -2.40. The molecule has 15 heavy (non-hydrogen) atoms. The summed E-state index contributed by atoms with van der Waals surface area (Å²) < 4.78 is 0. The Kier molecular flexibility index (Phi) is 3.21. The number of aromatic nitrogens is 1. The van der Waals surface area contributed by atoms with Gasteiger partial charge in [-0.2, -0.15) is 0 Å². The lowest BCUT2D eigenvalue weighted by Crippen LogP contribution is -2.51. The lowest BCUT2D eigenvalue weighted by molar-refractivity contribution is 0.199. The molecule has 2 rings (SSSR count). The van der Waals surface area contributed by atoms with E-state index in [1.165, 1.54) is 5.69 Å². The van der Waals surface area contributed by atoms with Crippen LogP contribution in [0.4, 0.5) is 5.69 Å². The number of likely N-dealkylation sites (N-methyl/N-ethyl adjacent to an activating group) is 1. The van der Waals surface area contributed by atoms with Crippen LogP contribution in [0.2, 0.25) is 0 Å². The molecule has 0 aliphatic carbocycles. The number of hydrogen-bond acceptors (Lipinski definition) is 3. The highest BCUT2D eigenvalue weighted by Crippen LogP contribution is 2.17. The van der Waals surface area contributed by atoms with Crippen LogP contribution in [-0.4, -0.2) is 42.1 Å². The summed E-state index contributed by atoms with van der Waals surface area (Å²) in [5.74, 6) is 0. The quantitative estimate of drug-likeness (QED) is 0.731. The predicted octanol–water partition coefficient (Wildman–Crippen LogP) is 1.61. The van der Waals surface area contributed by atoms with Gasteiger partial charge in [-0.05, 0) is 25.6 Å². The zero-order valence-electron chi connectivity index (χ0n) is 9.56. The molecule has 1 fully saturated rings. The zero-order chi connectivity index (χ0) is 10.7. The van der Waals surface area contributed by atoms with Gasteiger partial charge in [0, 0.05) is 31.9 Å². The molecule has 0 amide bonds. The average molecular weight is 205 g/mol. The van der Waals surface area contributed by atoms with Crippen LogP contribution in [0.3, 0.4) is 0 Å². The molecular formula is C12H19N3. The molecule has 0 radical (unpaired) electrons. The molecule has 3 heteroatoms. The third-order valence-electron chi connectivity index (χ3n) is 3.18. The van der Waals surface area contributed by atoms with E-state index in [0.29, 0.717) is 6.04 Å². The van der Waals surface area contributed by atoms with Crippen LogP contribution >= 0.6 is 0 Å². The van der Waals surface area contributed by atoms with Crippen LogP contribution in [0.15, 0.2) is 24.5 Å². The summed E-state index contributed by atoms with van der Waals surface area (Å²) in [6, 6.07) is 4.79. The minimum Gasteiger partial charge on any atom is -0.367 e. The molecule has 0 aromatic carbocycles. The molecule has 1 atom stereocenters. The molecule has 1 aromatic heterocycles. The van der Waals surface area contributed by atoms with Gasteiger partial charge in [-0.25, -0.2) is 0 Å². The maximum absolute atomic E-state index is 4.17. The third-order valence-corrected chi connectivity index (χ3v) is 3.18. The number of hydrogen-bond donors (Lipinski definition) is 0. The van der Waals surface area contributed by atoms with Crippen LogP contribution in [-0.2, 0) is 0 Å². The van der Waals surface area contributed by atoms with E-state index in [9.17, 15) is 0 Å². The summed E-state index contributed by atoms with van der Waals surface area (Å²) in [7, 11) is 0. The summed E-state index contributed by atoms with van der Waals surface area (Å²) in [6.07, 6.45) is 3.78. The first-order valence-electron chi connectivity index (χ1n) is 5.70. The van der Waals surface area contributed by atoms with E-state index in [2.05, 4.69) is 34.7 Å². The summed E-state index contributed by atoms with van der Waals surface area (Å²) in [5, 5.41) is 0. The Morgan fingerprint density at radius 2 is 2.33 bits per heavy atom. The van der Waals surface area contributed by atoms with Crippen LogP contribution in [0.1, 0.15) is 13.8 Å². The Morgan fingerprint density at radius 3 is 2.93 bits per heavy atom. The van der Waals surface area contributed by atoms with E-state index >= 15 is 0 Å². The highest BCUT2D eigenvalue weighted by Gasteiger charge is 2.22. The Labute approximate surface area is 91.7 Å². The van der Waals surface area contributed by atoms with E-state index in [-0.39, 0.29) is 0 Å². The maximum Gasteiger partial charge on any atom is 0.0553 e. The second kappa shape index (κ2) is 4.62. The molecule has 82 valence electrons. The number of rotatable bonds is 2. The van der Waals surface area contributed by atoms with Crippen LogP contribution < -0.4 is 4.90 Å². The van der Waals surface area contributed by atoms with Crippen molar-refractivity contribution >= 4 is 5.69 Å². The minimum absolute atomic E-state index is 0.643. The molecule has 3 nitrogen and oxygen atoms in total. The van der Waals surface area contributed by atoms with Crippen molar-refractivity contribution in [1.29, 1.82) is 0 Å². The van der Waals surface area contributed by atoms with Crippen molar-refractivity contribution in [3.63, 3.8) is 0 Å². The van der Waals surface area contributed by atoms with Crippen molar-refractivity contribution < 1.29 is 0 Å². The topological polar surface area (TPSA) is 19.4 Å². The first-order chi connectivity index (χ1) is 7.31. The zero-order valence-corrected chi connectivity index (χ0v) is 9.56. The van der Waals surface area contributed by atoms with E-state index < -0.39 is 0 Å². The van der Waals surface area contributed by atoms with Gasteiger partial charge in [-0.3, -0.25) is 9.88 Å². The first kappa shape index (κ1) is 10.4. The third kappa shape index (κ3) is 2.29. The minimum atomic E-state index is 0.643. The van der Waals surface area contributed by atoms with Gasteiger partial charge in [0.25, 0.3) is 0 Å². The molecule has 0 unspecified atom stereocenters. The van der Waals surface area contributed by atoms with E-state index in [1.54, 1.807) is 0 Å². The second-order valence-corrected chi connectivity index (χ2v) is 4.13. The van der Waals surface area contributed by atoms with Gasteiger partial charge < -0.3 is 4.90 Å². The normalized spacial score (nSPS) is 23.1. The largest absolute Gasteiger partial charge is 0.367 e. The second-order valence-electron chi connectivity index (χ2n) is 4.13. The van der Waals surface area contributed by atoms with Crippen LogP contribution in [0.5, 0.6) is 0 Å². The standard InChI is InChI=1S/C12H19N3/c1-3-14-7-8-15(10-11(14)2)12-5-4-6-13-9-12/h4-6,9,11H,3,7-8,10H2,1-2H3/t11-/m1/s1. The maximum atomic E-state index is 4.17. The molecule has 1 aliphatic rings. The van der Waals surface area contributed by atoms with E-state index in [0.717, 1.165) is 26.2 Å². The fourth-order valence-corrected chi connectivity index (χ4v) is 2.24. The number of pyridine rings is 1. The number of piperazine rings is 1. The molecule has 0 N–H and O–H groups in total. The van der Waals surface area contributed by atoms with Gasteiger partial charge in [0.1, 0.15) is 0 Å². The first-order valence-corrected chi connectivity index (χ1v) is 5.70. The fraction of sp³-hybridized carbons (Fsp3) is 0.583. The van der Waals surface area contributed by atoms with Crippen LogP contribution in [0.25, 0.3) is 0 Å². The fourth-order valence-electron chi connectivity index (χ4n) is 2.24. The molecule has 0 bridgehead atoms. The molecule has 1 aliphatic heterocycles. The smallest absolute Gasteiger partial charge is 0.0553 e. The summed E-state index contributed by atoms with van der Waals surface area (Å²) >= 11 is 0. The molecule has 0 saturated carbocycles. The lowest BCUT2D eigenvalue weighted by atomic mass is 10.2. The predicted molar refractivity (Wildman–Crippen MR) is 63.2 cm³/mol. The Morgan fingerprint density at radius 1 is 1.47 bits per heavy atom. The van der Waals surface area contributed by atoms with Crippen molar-refractivity contribution in [3.05, 3.63) is 24.5 Å². The van der Waals surface area contributed by atoms with Crippen molar-refractivity contribution in [1.82, 2.24) is 9.88 Å². The van der Waals surface area contributed by atoms with Gasteiger partial charge in [-0.15, -0.1) is 0 Å². The summed E-state index contributed by atoms with van der Waals surface area (Å²) in [5.41, 5.74) is 1.25. The van der Waals surface area contributed by atoms with Gasteiger partial charge >= 0.3 is 0 Å². The Hall–Kier alpha value is -1.09.